The monoisotopic (exact) mass is 205 g/mol. The van der Waals surface area contributed by atoms with E-state index in [-0.39, 0.29) is 5.92 Å². The van der Waals surface area contributed by atoms with Crippen LogP contribution in [0.4, 0.5) is 0 Å². The van der Waals surface area contributed by atoms with Gasteiger partial charge in [-0.15, -0.1) is 0 Å². The lowest BCUT2D eigenvalue weighted by Gasteiger charge is -2.22. The van der Waals surface area contributed by atoms with E-state index < -0.39 is 0 Å². The molecule has 2 atom stereocenters. The highest BCUT2D eigenvalue weighted by atomic mass is 16.1. The topological polar surface area (TPSA) is 20.3 Å². The summed E-state index contributed by atoms with van der Waals surface area (Å²) in [6, 6.07) is 0. The van der Waals surface area contributed by atoms with Crippen LogP contribution in [0.15, 0.2) is 24.3 Å². The highest BCUT2D eigenvalue weighted by molar-refractivity contribution is 5.85. The molecular weight excluding hydrogens is 186 g/mol. The third kappa shape index (κ3) is 2.57. The summed E-state index contributed by atoms with van der Waals surface area (Å²) in [4.78, 5) is 14.3. The fraction of sp³-hybridized carbons (Fsp3) is 0.615. The van der Waals surface area contributed by atoms with Crippen LogP contribution in [0.1, 0.15) is 19.8 Å². The van der Waals surface area contributed by atoms with Gasteiger partial charge in [0, 0.05) is 5.92 Å². The van der Waals surface area contributed by atoms with Gasteiger partial charge in [-0.2, -0.15) is 0 Å². The quantitative estimate of drug-likeness (QED) is 0.702. The van der Waals surface area contributed by atoms with Crippen molar-refractivity contribution in [3.8, 4) is 0 Å². The first-order valence-electron chi connectivity index (χ1n) is 5.87. The third-order valence-electron chi connectivity index (χ3n) is 3.36. The van der Waals surface area contributed by atoms with Gasteiger partial charge >= 0.3 is 0 Å². The normalized spacial score (nSPS) is 31.0. The summed E-state index contributed by atoms with van der Waals surface area (Å²) in [5.41, 5.74) is 0. The van der Waals surface area contributed by atoms with Gasteiger partial charge in [-0.25, -0.2) is 0 Å². The lowest BCUT2D eigenvalue weighted by molar-refractivity contribution is -0.123. The Labute approximate surface area is 91.6 Å². The van der Waals surface area contributed by atoms with Gasteiger partial charge < -0.3 is 0 Å². The van der Waals surface area contributed by atoms with E-state index in [1.165, 1.54) is 12.8 Å². The molecule has 0 radical (unpaired) electrons. The average molecular weight is 205 g/mol. The molecule has 0 bridgehead atoms. The van der Waals surface area contributed by atoms with E-state index in [0.29, 0.717) is 18.2 Å². The Morgan fingerprint density at radius 1 is 1.27 bits per heavy atom. The number of carbonyl (C=O) groups is 1. The van der Waals surface area contributed by atoms with Crippen LogP contribution in [-0.2, 0) is 4.79 Å². The molecule has 2 heteroatoms. The number of hydrogen-bond donors (Lipinski definition) is 0. The second-order valence-corrected chi connectivity index (χ2v) is 4.60. The molecule has 2 aliphatic rings. The molecule has 2 nitrogen and oxygen atoms in total. The van der Waals surface area contributed by atoms with Gasteiger partial charge in [0.1, 0.15) is 0 Å². The van der Waals surface area contributed by atoms with Gasteiger partial charge in [0.2, 0.25) is 0 Å². The molecule has 1 saturated heterocycles. The van der Waals surface area contributed by atoms with Crippen molar-refractivity contribution in [1.29, 1.82) is 0 Å². The predicted octanol–water partition coefficient (Wildman–Crippen LogP) is 2.03. The minimum absolute atomic E-state index is 0.107. The molecule has 1 aliphatic heterocycles. The second-order valence-electron chi connectivity index (χ2n) is 4.60. The molecule has 1 aliphatic carbocycles. The highest BCUT2D eigenvalue weighted by Gasteiger charge is 2.24. The fourth-order valence-electron chi connectivity index (χ4n) is 2.39. The smallest absolute Gasteiger partial charge is 0.154 e. The highest BCUT2D eigenvalue weighted by Crippen LogP contribution is 2.21. The molecule has 0 saturated carbocycles. The molecule has 1 fully saturated rings. The first kappa shape index (κ1) is 10.6. The van der Waals surface area contributed by atoms with Crippen molar-refractivity contribution in [2.24, 2.45) is 11.8 Å². The average Bonchev–Trinajstić information content (AvgIpc) is 2.71. The van der Waals surface area contributed by atoms with Crippen LogP contribution in [0.25, 0.3) is 0 Å². The van der Waals surface area contributed by atoms with E-state index in [1.807, 2.05) is 18.2 Å². The van der Waals surface area contributed by atoms with Crippen molar-refractivity contribution < 1.29 is 4.79 Å². The maximum Gasteiger partial charge on any atom is 0.154 e. The summed E-state index contributed by atoms with van der Waals surface area (Å²) >= 11 is 0. The van der Waals surface area contributed by atoms with E-state index >= 15 is 0 Å². The Balaban J connectivity index is 1.89. The standard InChI is InChI=1S/C13H19NO/c1-11-6-2-3-7-12(11)13(15)10-14-8-4-5-9-14/h2-3,6-7,11-12H,4-5,8-10H2,1H3. The summed E-state index contributed by atoms with van der Waals surface area (Å²) < 4.78 is 0. The Morgan fingerprint density at radius 3 is 2.60 bits per heavy atom. The van der Waals surface area contributed by atoms with Crippen LogP contribution in [0.5, 0.6) is 0 Å². The number of Topliss-reactive ketones (excluding diaryl/α,β-unsaturated/α-hetero) is 1. The van der Waals surface area contributed by atoms with E-state index in [1.54, 1.807) is 0 Å². The van der Waals surface area contributed by atoms with Gasteiger partial charge in [-0.3, -0.25) is 9.69 Å². The number of rotatable bonds is 3. The first-order valence-corrected chi connectivity index (χ1v) is 5.87. The molecule has 2 rings (SSSR count). The molecule has 0 spiro atoms. The number of allylic oxidation sites excluding steroid dienone is 4. The minimum Gasteiger partial charge on any atom is -0.298 e. The van der Waals surface area contributed by atoms with Gasteiger partial charge in [0.15, 0.2) is 5.78 Å². The lowest BCUT2D eigenvalue weighted by Crippen LogP contribution is -2.33. The van der Waals surface area contributed by atoms with Gasteiger partial charge in [0.25, 0.3) is 0 Å². The number of carbonyl (C=O) groups excluding carboxylic acids is 1. The fourth-order valence-corrected chi connectivity index (χ4v) is 2.39. The number of likely N-dealkylation sites (tertiary alicyclic amines) is 1. The van der Waals surface area contributed by atoms with Crippen LogP contribution in [0, 0.1) is 11.8 Å². The number of nitrogens with zero attached hydrogens (tertiary/aromatic N) is 1. The second kappa shape index (κ2) is 4.75. The summed E-state index contributed by atoms with van der Waals surface area (Å²) in [5.74, 6) is 0.853. The van der Waals surface area contributed by atoms with E-state index in [2.05, 4.69) is 17.9 Å². The molecule has 0 aromatic carbocycles. The van der Waals surface area contributed by atoms with Gasteiger partial charge in [-0.1, -0.05) is 31.2 Å². The van der Waals surface area contributed by atoms with Crippen LogP contribution >= 0.6 is 0 Å². The molecule has 82 valence electrons. The number of hydrogen-bond acceptors (Lipinski definition) is 2. The molecule has 0 amide bonds. The largest absolute Gasteiger partial charge is 0.298 e. The van der Waals surface area contributed by atoms with Crippen molar-refractivity contribution in [2.75, 3.05) is 19.6 Å². The SMILES string of the molecule is CC1C=CC=CC1C(=O)CN1CCCC1. The molecule has 15 heavy (non-hydrogen) atoms. The first-order chi connectivity index (χ1) is 7.27. The summed E-state index contributed by atoms with van der Waals surface area (Å²) in [6.45, 7) is 4.97. The van der Waals surface area contributed by atoms with Crippen molar-refractivity contribution in [2.45, 2.75) is 19.8 Å². The third-order valence-corrected chi connectivity index (χ3v) is 3.36. The molecule has 0 aromatic heterocycles. The predicted molar refractivity (Wildman–Crippen MR) is 61.6 cm³/mol. The maximum atomic E-state index is 12.0. The van der Waals surface area contributed by atoms with Crippen LogP contribution < -0.4 is 0 Å². The summed E-state index contributed by atoms with van der Waals surface area (Å²) in [5, 5.41) is 0. The van der Waals surface area contributed by atoms with Crippen LogP contribution in [0.3, 0.4) is 0 Å². The van der Waals surface area contributed by atoms with Gasteiger partial charge in [0.05, 0.1) is 6.54 Å². The summed E-state index contributed by atoms with van der Waals surface area (Å²) in [7, 11) is 0. The zero-order chi connectivity index (χ0) is 10.7. The Bertz CT molecular complexity index is 287. The Morgan fingerprint density at radius 2 is 1.93 bits per heavy atom. The van der Waals surface area contributed by atoms with Crippen molar-refractivity contribution >= 4 is 5.78 Å². The van der Waals surface area contributed by atoms with E-state index in [0.717, 1.165) is 13.1 Å². The van der Waals surface area contributed by atoms with Crippen LogP contribution in [0.2, 0.25) is 0 Å². The maximum absolute atomic E-state index is 12.0. The molecular formula is C13H19NO. The summed E-state index contributed by atoms with van der Waals surface area (Å²) in [6.07, 6.45) is 10.7. The lowest BCUT2D eigenvalue weighted by atomic mass is 9.86. The number of ketones is 1. The van der Waals surface area contributed by atoms with Crippen molar-refractivity contribution in [1.82, 2.24) is 4.90 Å². The molecule has 0 N–H and O–H groups in total. The van der Waals surface area contributed by atoms with E-state index in [4.69, 9.17) is 0 Å². The minimum atomic E-state index is 0.107. The Hall–Kier alpha value is -0.890. The molecule has 2 unspecified atom stereocenters. The van der Waals surface area contributed by atoms with Crippen LogP contribution in [-0.4, -0.2) is 30.3 Å². The molecule has 0 aromatic rings. The van der Waals surface area contributed by atoms with Crippen molar-refractivity contribution in [3.05, 3.63) is 24.3 Å². The zero-order valence-corrected chi connectivity index (χ0v) is 9.36. The van der Waals surface area contributed by atoms with Crippen molar-refractivity contribution in [3.63, 3.8) is 0 Å². The van der Waals surface area contributed by atoms with Gasteiger partial charge in [-0.05, 0) is 31.8 Å². The zero-order valence-electron chi connectivity index (χ0n) is 9.36. The van der Waals surface area contributed by atoms with E-state index in [9.17, 15) is 4.79 Å². The Kier molecular flexibility index (Phi) is 3.37. The molecule has 1 heterocycles.